The van der Waals surface area contributed by atoms with E-state index >= 15 is 0 Å². The van der Waals surface area contributed by atoms with E-state index in [9.17, 15) is 0 Å². The molecule has 1 aromatic rings. The molecule has 0 amide bonds. The van der Waals surface area contributed by atoms with E-state index in [1.807, 2.05) is 11.3 Å². The van der Waals surface area contributed by atoms with Crippen LogP contribution in [0.5, 0.6) is 0 Å². The van der Waals surface area contributed by atoms with Crippen molar-refractivity contribution >= 4 is 11.3 Å². The lowest BCUT2D eigenvalue weighted by molar-refractivity contribution is 0.163. The molecule has 1 aliphatic heterocycles. The Morgan fingerprint density at radius 3 is 2.68 bits per heavy atom. The van der Waals surface area contributed by atoms with Crippen LogP contribution in [0.15, 0.2) is 12.1 Å². The quantitative estimate of drug-likeness (QED) is 0.886. The predicted octanol–water partition coefficient (Wildman–Crippen LogP) is 3.83. The minimum Gasteiger partial charge on any atom is -0.312 e. The molecule has 0 spiro atoms. The number of hydrogen-bond acceptors (Lipinski definition) is 3. The van der Waals surface area contributed by atoms with E-state index in [0.29, 0.717) is 17.5 Å². The number of nitrogens with zero attached hydrogens (tertiary/aromatic N) is 1. The van der Waals surface area contributed by atoms with Crippen LogP contribution in [-0.2, 0) is 0 Å². The summed E-state index contributed by atoms with van der Waals surface area (Å²) in [4.78, 5) is 5.58. The molecule has 2 nitrogen and oxygen atoms in total. The highest BCUT2D eigenvalue weighted by Crippen LogP contribution is 2.30. The maximum Gasteiger partial charge on any atom is 0.0414 e. The molecule has 3 heteroatoms. The average molecular weight is 280 g/mol. The van der Waals surface area contributed by atoms with Gasteiger partial charge in [0.2, 0.25) is 0 Å². The van der Waals surface area contributed by atoms with Crippen LogP contribution >= 0.6 is 11.3 Å². The third kappa shape index (κ3) is 3.80. The first-order valence-corrected chi connectivity index (χ1v) is 8.23. The number of aryl methyl sites for hydroxylation is 1. The second kappa shape index (κ2) is 5.94. The summed E-state index contributed by atoms with van der Waals surface area (Å²) in [6.07, 6.45) is 1.25. The topological polar surface area (TPSA) is 15.3 Å². The second-order valence-corrected chi connectivity index (χ2v) is 8.17. The molecule has 2 heterocycles. The zero-order valence-electron chi connectivity index (χ0n) is 13.0. The Hall–Kier alpha value is -0.380. The Labute approximate surface area is 122 Å². The average Bonchev–Trinajstić information content (AvgIpc) is 2.62. The van der Waals surface area contributed by atoms with E-state index in [1.165, 1.54) is 22.7 Å². The van der Waals surface area contributed by atoms with Gasteiger partial charge >= 0.3 is 0 Å². The molecule has 108 valence electrons. The van der Waals surface area contributed by atoms with Gasteiger partial charge in [-0.3, -0.25) is 4.90 Å². The van der Waals surface area contributed by atoms with Gasteiger partial charge in [-0.1, -0.05) is 20.8 Å². The molecule has 2 unspecified atom stereocenters. The molecule has 0 aromatic carbocycles. The van der Waals surface area contributed by atoms with E-state index in [0.717, 1.165) is 13.1 Å². The number of nitrogens with one attached hydrogen (secondary N) is 1. The Morgan fingerprint density at radius 2 is 2.11 bits per heavy atom. The lowest BCUT2D eigenvalue weighted by Gasteiger charge is -2.36. The van der Waals surface area contributed by atoms with Crippen molar-refractivity contribution in [3.63, 3.8) is 0 Å². The van der Waals surface area contributed by atoms with Crippen LogP contribution in [0.1, 0.15) is 49.9 Å². The SMILES string of the molecule is Cc1ccc(C(C)N2CCCNC(C(C)(C)C)C2)s1. The normalized spacial score (nSPS) is 24.2. The summed E-state index contributed by atoms with van der Waals surface area (Å²) in [5.74, 6) is 0. The maximum absolute atomic E-state index is 3.72. The predicted molar refractivity (Wildman–Crippen MR) is 84.9 cm³/mol. The van der Waals surface area contributed by atoms with Crippen molar-refractivity contribution in [1.29, 1.82) is 0 Å². The third-order valence-corrected chi connectivity index (χ3v) is 5.37. The van der Waals surface area contributed by atoms with Crippen molar-refractivity contribution in [3.05, 3.63) is 21.9 Å². The smallest absolute Gasteiger partial charge is 0.0414 e. The lowest BCUT2D eigenvalue weighted by Crippen LogP contribution is -2.46. The van der Waals surface area contributed by atoms with Crippen LogP contribution < -0.4 is 5.32 Å². The van der Waals surface area contributed by atoms with Gasteiger partial charge in [-0.2, -0.15) is 0 Å². The van der Waals surface area contributed by atoms with Gasteiger partial charge in [0.1, 0.15) is 0 Å². The molecule has 0 saturated carbocycles. The molecular weight excluding hydrogens is 252 g/mol. The summed E-state index contributed by atoms with van der Waals surface area (Å²) in [6, 6.07) is 5.67. The van der Waals surface area contributed by atoms with Gasteiger partial charge < -0.3 is 5.32 Å². The van der Waals surface area contributed by atoms with Crippen molar-refractivity contribution < 1.29 is 0 Å². The van der Waals surface area contributed by atoms with E-state index in [2.05, 4.69) is 57.0 Å². The summed E-state index contributed by atoms with van der Waals surface area (Å²) in [5.41, 5.74) is 0.327. The molecule has 0 bridgehead atoms. The largest absolute Gasteiger partial charge is 0.312 e. The Morgan fingerprint density at radius 1 is 1.37 bits per heavy atom. The highest BCUT2D eigenvalue weighted by atomic mass is 32.1. The van der Waals surface area contributed by atoms with Gasteiger partial charge in [0.15, 0.2) is 0 Å². The number of hydrogen-bond donors (Lipinski definition) is 1. The van der Waals surface area contributed by atoms with Gasteiger partial charge in [0, 0.05) is 34.9 Å². The fraction of sp³-hybridized carbons (Fsp3) is 0.750. The van der Waals surface area contributed by atoms with Crippen LogP contribution in [0.4, 0.5) is 0 Å². The molecule has 2 rings (SSSR count). The Bertz CT molecular complexity index is 405. The summed E-state index contributed by atoms with van der Waals surface area (Å²) < 4.78 is 0. The van der Waals surface area contributed by atoms with Crippen molar-refractivity contribution in [2.24, 2.45) is 5.41 Å². The molecule has 2 atom stereocenters. The first kappa shape index (κ1) is 15.0. The molecule has 1 saturated heterocycles. The van der Waals surface area contributed by atoms with E-state index in [-0.39, 0.29) is 0 Å². The molecule has 0 aliphatic carbocycles. The zero-order chi connectivity index (χ0) is 14.0. The molecular formula is C16H28N2S. The second-order valence-electron chi connectivity index (χ2n) is 6.85. The standard InChI is InChI=1S/C16H28N2S/c1-12-7-8-14(19-12)13(2)18-10-6-9-17-15(11-18)16(3,4)5/h7-8,13,15,17H,6,9-11H2,1-5H3. The zero-order valence-corrected chi connectivity index (χ0v) is 13.8. The summed E-state index contributed by atoms with van der Waals surface area (Å²) >= 11 is 1.94. The monoisotopic (exact) mass is 280 g/mol. The molecule has 1 aromatic heterocycles. The third-order valence-electron chi connectivity index (χ3n) is 4.20. The van der Waals surface area contributed by atoms with Crippen molar-refractivity contribution in [2.75, 3.05) is 19.6 Å². The van der Waals surface area contributed by atoms with Crippen LogP contribution in [0, 0.1) is 12.3 Å². The molecule has 1 aliphatic rings. The lowest BCUT2D eigenvalue weighted by atomic mass is 9.86. The first-order chi connectivity index (χ1) is 8.88. The minimum absolute atomic E-state index is 0.327. The summed E-state index contributed by atoms with van der Waals surface area (Å²) in [5, 5.41) is 3.72. The fourth-order valence-corrected chi connectivity index (χ4v) is 3.70. The maximum atomic E-state index is 3.72. The van der Waals surface area contributed by atoms with Crippen LogP contribution in [0.2, 0.25) is 0 Å². The van der Waals surface area contributed by atoms with Crippen LogP contribution in [0.25, 0.3) is 0 Å². The van der Waals surface area contributed by atoms with Crippen LogP contribution in [0.3, 0.4) is 0 Å². The molecule has 19 heavy (non-hydrogen) atoms. The fourth-order valence-electron chi connectivity index (χ4n) is 2.74. The summed E-state index contributed by atoms with van der Waals surface area (Å²) in [7, 11) is 0. The summed E-state index contributed by atoms with van der Waals surface area (Å²) in [6.45, 7) is 15.1. The van der Waals surface area contributed by atoms with E-state index < -0.39 is 0 Å². The number of rotatable bonds is 2. The molecule has 1 fully saturated rings. The minimum atomic E-state index is 0.327. The van der Waals surface area contributed by atoms with Crippen molar-refractivity contribution in [1.82, 2.24) is 10.2 Å². The van der Waals surface area contributed by atoms with E-state index in [1.54, 1.807) is 0 Å². The Balaban J connectivity index is 2.09. The molecule has 1 N–H and O–H groups in total. The van der Waals surface area contributed by atoms with Gasteiger partial charge in [0.05, 0.1) is 0 Å². The van der Waals surface area contributed by atoms with Gasteiger partial charge in [-0.05, 0) is 44.4 Å². The van der Waals surface area contributed by atoms with Crippen LogP contribution in [-0.4, -0.2) is 30.6 Å². The number of thiophene rings is 1. The van der Waals surface area contributed by atoms with Crippen molar-refractivity contribution in [2.45, 2.75) is 53.1 Å². The molecule has 0 radical (unpaired) electrons. The van der Waals surface area contributed by atoms with Gasteiger partial charge in [-0.15, -0.1) is 11.3 Å². The van der Waals surface area contributed by atoms with Gasteiger partial charge in [-0.25, -0.2) is 0 Å². The highest BCUT2D eigenvalue weighted by molar-refractivity contribution is 7.12. The van der Waals surface area contributed by atoms with Gasteiger partial charge in [0.25, 0.3) is 0 Å². The van der Waals surface area contributed by atoms with E-state index in [4.69, 9.17) is 0 Å². The Kier molecular flexibility index (Phi) is 4.70. The first-order valence-electron chi connectivity index (χ1n) is 7.41. The van der Waals surface area contributed by atoms with Crippen molar-refractivity contribution in [3.8, 4) is 0 Å². The highest BCUT2D eigenvalue weighted by Gasteiger charge is 2.30.